The van der Waals surface area contributed by atoms with Crippen molar-refractivity contribution < 1.29 is 18.8 Å². The van der Waals surface area contributed by atoms with Gasteiger partial charge in [0.2, 0.25) is 5.91 Å². The van der Waals surface area contributed by atoms with Crippen molar-refractivity contribution in [2.75, 3.05) is 17.7 Å². The van der Waals surface area contributed by atoms with Gasteiger partial charge in [-0.25, -0.2) is 4.98 Å². The van der Waals surface area contributed by atoms with Gasteiger partial charge in [0, 0.05) is 18.2 Å². The molecule has 0 atom stereocenters. The molecule has 5 N–H and O–H groups in total. The molecule has 0 bridgehead atoms. The van der Waals surface area contributed by atoms with Crippen LogP contribution in [0.2, 0.25) is 0 Å². The zero-order chi connectivity index (χ0) is 26.4. The summed E-state index contributed by atoms with van der Waals surface area (Å²) in [6, 6.07) is 7.06. The van der Waals surface area contributed by atoms with Crippen LogP contribution in [-0.2, 0) is 10.3 Å². The minimum Gasteiger partial charge on any atom is -0.494 e. The third-order valence-corrected chi connectivity index (χ3v) is 6.22. The number of hydrogen-bond acceptors (Lipinski definition) is 9. The fourth-order valence-electron chi connectivity index (χ4n) is 3.85. The Bertz CT molecular complexity index is 1370. The molecule has 3 aromatic rings. The topological polar surface area (TPSA) is 157 Å². The van der Waals surface area contributed by atoms with Gasteiger partial charge >= 0.3 is 0 Å². The molecular formula is C23H28B3N7O4. The van der Waals surface area contributed by atoms with E-state index in [1.807, 2.05) is 29.6 Å². The minimum atomic E-state index is -0.529. The third kappa shape index (κ3) is 5.48. The summed E-state index contributed by atoms with van der Waals surface area (Å²) in [7, 11) is 7.23. The summed E-state index contributed by atoms with van der Waals surface area (Å²) in [6.45, 7) is 0. The number of methoxy groups -OCH3 is 1. The van der Waals surface area contributed by atoms with Crippen molar-refractivity contribution in [2.45, 2.75) is 36.5 Å². The number of hydrogen-bond donors (Lipinski definition) is 4. The number of para-hydroxylation sites is 1. The lowest BCUT2D eigenvalue weighted by atomic mass is 9.49. The van der Waals surface area contributed by atoms with Crippen LogP contribution in [0.1, 0.15) is 41.9 Å². The number of amides is 2. The number of anilines is 3. The first-order chi connectivity index (χ1) is 17.6. The maximum absolute atomic E-state index is 13.1. The molecule has 1 aromatic carbocycles. The first-order valence-corrected chi connectivity index (χ1v) is 12.3. The molecule has 0 unspecified atom stereocenters. The summed E-state index contributed by atoms with van der Waals surface area (Å²) in [4.78, 5) is 34.2. The molecule has 37 heavy (non-hydrogen) atoms. The highest BCUT2D eigenvalue weighted by molar-refractivity contribution is 6.60. The van der Waals surface area contributed by atoms with E-state index in [9.17, 15) is 9.59 Å². The van der Waals surface area contributed by atoms with Crippen molar-refractivity contribution in [3.63, 3.8) is 0 Å². The first kappa shape index (κ1) is 24.9. The second-order valence-corrected chi connectivity index (χ2v) is 10.7. The summed E-state index contributed by atoms with van der Waals surface area (Å²) in [6.07, 6.45) is 4.81. The van der Waals surface area contributed by atoms with Gasteiger partial charge < -0.3 is 30.9 Å². The summed E-state index contributed by atoms with van der Waals surface area (Å²) >= 11 is 0. The van der Waals surface area contributed by atoms with Crippen molar-refractivity contribution in [1.29, 1.82) is 0 Å². The predicted molar refractivity (Wildman–Crippen MR) is 146 cm³/mol. The van der Waals surface area contributed by atoms with Crippen molar-refractivity contribution in [2.24, 2.45) is 11.7 Å². The lowest BCUT2D eigenvalue weighted by Crippen LogP contribution is -2.50. The van der Waals surface area contributed by atoms with E-state index in [1.165, 1.54) is 13.3 Å². The molecule has 14 heteroatoms. The Morgan fingerprint density at radius 2 is 1.97 bits per heavy atom. The number of nitrogens with one attached hydrogen (secondary N) is 3. The quantitative estimate of drug-likeness (QED) is 0.283. The average molecular weight is 499 g/mol. The predicted octanol–water partition coefficient (Wildman–Crippen LogP) is -0.579. The van der Waals surface area contributed by atoms with Crippen LogP contribution in [-0.4, -0.2) is 62.8 Å². The molecule has 5 rings (SSSR count). The maximum Gasteiger partial charge on any atom is 0.261 e. The van der Waals surface area contributed by atoms with Crippen molar-refractivity contribution in [3.05, 3.63) is 41.9 Å². The van der Waals surface area contributed by atoms with Gasteiger partial charge in [0.25, 0.3) is 11.8 Å². The van der Waals surface area contributed by atoms with E-state index in [-0.39, 0.29) is 23.6 Å². The van der Waals surface area contributed by atoms with Crippen LogP contribution >= 0.6 is 0 Å². The van der Waals surface area contributed by atoms with Crippen LogP contribution in [0.3, 0.4) is 0 Å². The van der Waals surface area contributed by atoms with E-state index < -0.39 is 10.8 Å². The van der Waals surface area contributed by atoms with Gasteiger partial charge in [-0.2, -0.15) is 4.98 Å². The molecule has 2 aromatic heterocycles. The number of ether oxygens (including phenoxy) is 1. The van der Waals surface area contributed by atoms with E-state index in [1.54, 1.807) is 18.2 Å². The standard InChI is InChI=1S/C23H28B3N7O4/c1-36-17-12(20-31-21(33-37-20)22(27)7-8-22)3-2-4-14(17)29-15-9-16(30-18(34)11-5-6-11)28-10-13(15)19(35)32-23(24,25)26/h2-4,9-11H,5-8,24-27H2,1H3,(H,32,35)(H2,28,29,30,34). The van der Waals surface area contributed by atoms with Crippen molar-refractivity contribution in [1.82, 2.24) is 20.4 Å². The molecular weight excluding hydrogens is 471 g/mol. The number of benzene rings is 1. The number of rotatable bonds is 9. The lowest BCUT2D eigenvalue weighted by Gasteiger charge is -2.22. The van der Waals surface area contributed by atoms with Crippen LogP contribution in [0.4, 0.5) is 17.2 Å². The smallest absolute Gasteiger partial charge is 0.261 e. The average Bonchev–Trinajstić information content (AvgIpc) is 3.76. The van der Waals surface area contributed by atoms with Gasteiger partial charge in [0.1, 0.15) is 29.4 Å². The van der Waals surface area contributed by atoms with Crippen molar-refractivity contribution in [3.8, 4) is 17.2 Å². The van der Waals surface area contributed by atoms with Gasteiger partial charge in [0.05, 0.1) is 35.2 Å². The number of nitrogens with two attached hydrogens (primary N) is 1. The van der Waals surface area contributed by atoms with Gasteiger partial charge in [-0.05, 0) is 43.1 Å². The lowest BCUT2D eigenvalue weighted by molar-refractivity contribution is -0.117. The third-order valence-electron chi connectivity index (χ3n) is 6.22. The molecule has 2 saturated carbocycles. The second-order valence-electron chi connectivity index (χ2n) is 10.7. The summed E-state index contributed by atoms with van der Waals surface area (Å²) < 4.78 is 11.2. The molecule has 2 aliphatic rings. The monoisotopic (exact) mass is 499 g/mol. The number of pyridine rings is 1. The number of carbonyl (C=O) groups excluding carboxylic acids is 2. The fraction of sp³-hybridized carbons (Fsp3) is 0.348. The Kier molecular flexibility index (Phi) is 6.22. The first-order valence-electron chi connectivity index (χ1n) is 12.3. The molecule has 0 aliphatic heterocycles. The maximum atomic E-state index is 13.1. The van der Waals surface area contributed by atoms with E-state index in [4.69, 9.17) is 15.0 Å². The van der Waals surface area contributed by atoms with Gasteiger partial charge in [-0.15, -0.1) is 0 Å². The molecule has 0 radical (unpaired) electrons. The Morgan fingerprint density at radius 1 is 1.22 bits per heavy atom. The number of aromatic nitrogens is 3. The number of carbonyl (C=O) groups is 2. The highest BCUT2D eigenvalue weighted by Crippen LogP contribution is 2.43. The Morgan fingerprint density at radius 3 is 2.62 bits per heavy atom. The van der Waals surface area contributed by atoms with Crippen LogP contribution in [0.15, 0.2) is 35.0 Å². The van der Waals surface area contributed by atoms with Gasteiger partial charge in [-0.3, -0.25) is 9.59 Å². The Balaban J connectivity index is 1.50. The molecule has 2 heterocycles. The molecule has 0 spiro atoms. The summed E-state index contributed by atoms with van der Waals surface area (Å²) in [5.41, 5.74) is 7.58. The highest BCUT2D eigenvalue weighted by Gasteiger charge is 2.44. The van der Waals surface area contributed by atoms with Crippen LogP contribution in [0.25, 0.3) is 11.5 Å². The van der Waals surface area contributed by atoms with Crippen LogP contribution in [0, 0.1) is 5.92 Å². The fourth-order valence-corrected chi connectivity index (χ4v) is 3.85. The molecule has 2 amide bonds. The molecule has 188 valence electrons. The normalized spacial score (nSPS) is 16.1. The molecule has 11 nitrogen and oxygen atoms in total. The SMILES string of the molecule is BC(B)(B)NC(=O)c1cnc(NC(=O)C2CC2)cc1Nc1cccc(-c2nc(C3(N)CC3)no2)c1OC. The Hall–Kier alpha value is -3.80. The van der Waals surface area contributed by atoms with Gasteiger partial charge in [0.15, 0.2) is 11.6 Å². The van der Waals surface area contributed by atoms with E-state index >= 15 is 0 Å². The Labute approximate surface area is 216 Å². The van der Waals surface area contributed by atoms with Crippen molar-refractivity contribution >= 4 is 52.5 Å². The zero-order valence-corrected chi connectivity index (χ0v) is 21.3. The highest BCUT2D eigenvalue weighted by atomic mass is 16.5. The van der Waals surface area contributed by atoms with E-state index in [0.29, 0.717) is 39.9 Å². The molecule has 2 aliphatic carbocycles. The van der Waals surface area contributed by atoms with Crippen LogP contribution in [0.5, 0.6) is 5.75 Å². The molecule has 2 fully saturated rings. The number of nitrogens with zero attached hydrogens (tertiary/aromatic N) is 3. The minimum absolute atomic E-state index is 0.0152. The van der Waals surface area contributed by atoms with E-state index in [0.717, 1.165) is 25.7 Å². The summed E-state index contributed by atoms with van der Waals surface area (Å²) in [5, 5.41) is 12.7. The second kappa shape index (κ2) is 9.26. The molecule has 0 saturated heterocycles. The van der Waals surface area contributed by atoms with E-state index in [2.05, 4.69) is 31.1 Å². The summed E-state index contributed by atoms with van der Waals surface area (Å²) in [5.74, 6) is 1.17. The zero-order valence-electron chi connectivity index (χ0n) is 21.3. The van der Waals surface area contributed by atoms with Crippen LogP contribution < -0.4 is 26.4 Å². The largest absolute Gasteiger partial charge is 0.494 e. The van der Waals surface area contributed by atoms with Gasteiger partial charge in [-0.1, -0.05) is 11.2 Å².